The van der Waals surface area contributed by atoms with E-state index in [0.717, 1.165) is 32.4 Å². The molecule has 0 aromatic carbocycles. The summed E-state index contributed by atoms with van der Waals surface area (Å²) in [5.74, 6) is 0.0743. The van der Waals surface area contributed by atoms with Crippen molar-refractivity contribution >= 4 is 5.91 Å². The first kappa shape index (κ1) is 18.4. The smallest absolute Gasteiger partial charge is 0.237 e. The van der Waals surface area contributed by atoms with Crippen molar-refractivity contribution in [1.82, 2.24) is 10.6 Å². The minimum absolute atomic E-state index is 0.0743. The molecule has 2 N–H and O–H groups in total. The number of amides is 1. The van der Waals surface area contributed by atoms with E-state index in [1.165, 1.54) is 0 Å². The third-order valence-corrected chi connectivity index (χ3v) is 3.21. The van der Waals surface area contributed by atoms with Gasteiger partial charge >= 0.3 is 0 Å². The molecule has 0 spiro atoms. The molecule has 0 rings (SSSR count). The van der Waals surface area contributed by atoms with Gasteiger partial charge in [-0.3, -0.25) is 4.79 Å². The first-order chi connectivity index (χ1) is 8.78. The van der Waals surface area contributed by atoms with Crippen LogP contribution < -0.4 is 10.6 Å². The number of hydrogen-bond donors (Lipinski definition) is 2. The van der Waals surface area contributed by atoms with Crippen molar-refractivity contribution in [3.05, 3.63) is 0 Å². The van der Waals surface area contributed by atoms with Crippen molar-refractivity contribution in [3.8, 4) is 0 Å². The monoisotopic (exact) mass is 272 g/mol. The Morgan fingerprint density at radius 3 is 2.37 bits per heavy atom. The molecule has 0 aromatic rings. The molecule has 4 heteroatoms. The van der Waals surface area contributed by atoms with Gasteiger partial charge in [0.2, 0.25) is 5.91 Å². The zero-order valence-electron chi connectivity index (χ0n) is 13.5. The van der Waals surface area contributed by atoms with E-state index < -0.39 is 0 Å². The lowest BCUT2D eigenvalue weighted by molar-refractivity contribution is -0.124. The molecule has 0 bridgehead atoms. The third kappa shape index (κ3) is 9.91. The van der Waals surface area contributed by atoms with E-state index in [-0.39, 0.29) is 17.5 Å². The van der Waals surface area contributed by atoms with E-state index in [0.29, 0.717) is 6.10 Å². The van der Waals surface area contributed by atoms with Crippen molar-refractivity contribution in [2.75, 3.05) is 13.2 Å². The van der Waals surface area contributed by atoms with E-state index in [2.05, 4.69) is 17.6 Å². The van der Waals surface area contributed by atoms with Crippen molar-refractivity contribution in [2.45, 2.75) is 78.5 Å². The molecular weight excluding hydrogens is 240 g/mol. The van der Waals surface area contributed by atoms with Gasteiger partial charge in [-0.1, -0.05) is 6.92 Å². The lowest BCUT2D eigenvalue weighted by atomic mass is 10.0. The van der Waals surface area contributed by atoms with Gasteiger partial charge < -0.3 is 15.4 Å². The van der Waals surface area contributed by atoms with Crippen LogP contribution in [0.5, 0.6) is 0 Å². The molecule has 0 aromatic heterocycles. The zero-order valence-corrected chi connectivity index (χ0v) is 13.5. The predicted octanol–water partition coefficient (Wildman–Crippen LogP) is 2.47. The van der Waals surface area contributed by atoms with Crippen LogP contribution in [0.1, 0.15) is 60.8 Å². The van der Waals surface area contributed by atoms with Crippen molar-refractivity contribution in [2.24, 2.45) is 0 Å². The fourth-order valence-electron chi connectivity index (χ4n) is 1.49. The van der Waals surface area contributed by atoms with E-state index >= 15 is 0 Å². The van der Waals surface area contributed by atoms with Crippen LogP contribution in [-0.4, -0.2) is 36.7 Å². The van der Waals surface area contributed by atoms with Crippen molar-refractivity contribution in [1.29, 1.82) is 0 Å². The highest BCUT2D eigenvalue weighted by molar-refractivity contribution is 5.81. The van der Waals surface area contributed by atoms with Gasteiger partial charge in [0.25, 0.3) is 0 Å². The van der Waals surface area contributed by atoms with Crippen LogP contribution >= 0.6 is 0 Å². The number of unbranched alkanes of at least 4 members (excludes halogenated alkanes) is 1. The Balaban J connectivity index is 3.68. The zero-order chi connectivity index (χ0) is 14.9. The topological polar surface area (TPSA) is 50.4 Å². The molecule has 0 fully saturated rings. The summed E-state index contributed by atoms with van der Waals surface area (Å²) in [6.45, 7) is 13.8. The fraction of sp³-hybridized carbons (Fsp3) is 0.933. The second kappa shape index (κ2) is 9.32. The molecule has 1 amide bonds. The second-order valence-corrected chi connectivity index (χ2v) is 6.03. The summed E-state index contributed by atoms with van der Waals surface area (Å²) in [6.07, 6.45) is 3.29. The molecule has 1 atom stereocenters. The number of nitrogens with one attached hydrogen (secondary N) is 2. The van der Waals surface area contributed by atoms with Gasteiger partial charge in [-0.15, -0.1) is 0 Å². The lowest BCUT2D eigenvalue weighted by Gasteiger charge is -2.26. The molecule has 0 radical (unpaired) electrons. The van der Waals surface area contributed by atoms with Crippen molar-refractivity contribution in [3.63, 3.8) is 0 Å². The summed E-state index contributed by atoms with van der Waals surface area (Å²) >= 11 is 0. The maximum atomic E-state index is 11.9. The first-order valence-electron chi connectivity index (χ1n) is 7.45. The average Bonchev–Trinajstić information content (AvgIpc) is 2.32. The van der Waals surface area contributed by atoms with Crippen LogP contribution in [0.4, 0.5) is 0 Å². The largest absolute Gasteiger partial charge is 0.379 e. The highest BCUT2D eigenvalue weighted by atomic mass is 16.5. The summed E-state index contributed by atoms with van der Waals surface area (Å²) in [4.78, 5) is 11.9. The Morgan fingerprint density at radius 1 is 1.21 bits per heavy atom. The summed E-state index contributed by atoms with van der Waals surface area (Å²) in [5.41, 5.74) is -0.127. The van der Waals surface area contributed by atoms with Gasteiger partial charge in [0.05, 0.1) is 12.1 Å². The maximum Gasteiger partial charge on any atom is 0.237 e. The Morgan fingerprint density at radius 2 is 1.84 bits per heavy atom. The Labute approximate surface area is 118 Å². The summed E-state index contributed by atoms with van der Waals surface area (Å²) < 4.78 is 5.47. The van der Waals surface area contributed by atoms with Gasteiger partial charge in [0.15, 0.2) is 0 Å². The molecule has 0 aliphatic heterocycles. The number of rotatable bonds is 10. The summed E-state index contributed by atoms with van der Waals surface area (Å²) in [5, 5.41) is 6.30. The van der Waals surface area contributed by atoms with Crippen LogP contribution in [0, 0.1) is 0 Å². The number of hydrogen-bond acceptors (Lipinski definition) is 3. The normalized spacial score (nSPS) is 13.6. The Kier molecular flexibility index (Phi) is 9.02. The summed E-state index contributed by atoms with van der Waals surface area (Å²) in [6, 6.07) is -0.142. The van der Waals surface area contributed by atoms with Gasteiger partial charge in [0.1, 0.15) is 0 Å². The van der Waals surface area contributed by atoms with Crippen LogP contribution in [-0.2, 0) is 9.53 Å². The SMILES string of the molecule is CCC(C)(C)NC(=O)C(C)NCCCCOC(C)C. The van der Waals surface area contributed by atoms with E-state index in [1.54, 1.807) is 0 Å². The predicted molar refractivity (Wildman–Crippen MR) is 80.3 cm³/mol. The van der Waals surface area contributed by atoms with Gasteiger partial charge in [-0.2, -0.15) is 0 Å². The Bertz CT molecular complexity index is 253. The van der Waals surface area contributed by atoms with Gasteiger partial charge in [0, 0.05) is 12.1 Å². The second-order valence-electron chi connectivity index (χ2n) is 6.03. The quantitative estimate of drug-likeness (QED) is 0.601. The highest BCUT2D eigenvalue weighted by Gasteiger charge is 2.21. The van der Waals surface area contributed by atoms with Crippen LogP contribution in [0.15, 0.2) is 0 Å². The molecule has 0 saturated heterocycles. The standard InChI is InChI=1S/C15H32N2O2/c1-7-15(5,6)17-14(18)13(4)16-10-8-9-11-19-12(2)3/h12-13,16H,7-11H2,1-6H3,(H,17,18). The van der Waals surface area contributed by atoms with E-state index in [1.807, 2.05) is 34.6 Å². The highest BCUT2D eigenvalue weighted by Crippen LogP contribution is 2.06. The first-order valence-corrected chi connectivity index (χ1v) is 7.45. The van der Waals surface area contributed by atoms with Gasteiger partial charge in [-0.25, -0.2) is 0 Å². The minimum Gasteiger partial charge on any atom is -0.379 e. The van der Waals surface area contributed by atoms with E-state index in [9.17, 15) is 4.79 Å². The minimum atomic E-state index is -0.142. The van der Waals surface area contributed by atoms with Crippen LogP contribution in [0.3, 0.4) is 0 Å². The molecule has 114 valence electrons. The Hall–Kier alpha value is -0.610. The van der Waals surface area contributed by atoms with Gasteiger partial charge in [-0.05, 0) is 60.4 Å². The number of ether oxygens (including phenoxy) is 1. The summed E-state index contributed by atoms with van der Waals surface area (Å²) in [7, 11) is 0. The number of carbonyl (C=O) groups is 1. The molecule has 0 aliphatic carbocycles. The molecule has 0 heterocycles. The molecule has 0 saturated carbocycles. The number of carbonyl (C=O) groups excluding carboxylic acids is 1. The molecule has 0 aliphatic rings. The van der Waals surface area contributed by atoms with Crippen LogP contribution in [0.2, 0.25) is 0 Å². The fourth-order valence-corrected chi connectivity index (χ4v) is 1.49. The molecule has 1 unspecified atom stereocenters. The van der Waals surface area contributed by atoms with E-state index in [4.69, 9.17) is 4.74 Å². The van der Waals surface area contributed by atoms with Crippen molar-refractivity contribution < 1.29 is 9.53 Å². The average molecular weight is 272 g/mol. The molecule has 4 nitrogen and oxygen atoms in total. The molecule has 19 heavy (non-hydrogen) atoms. The molecular formula is C15H32N2O2. The lowest BCUT2D eigenvalue weighted by Crippen LogP contribution is -2.50. The van der Waals surface area contributed by atoms with Crippen LogP contribution in [0.25, 0.3) is 0 Å². The maximum absolute atomic E-state index is 11.9. The third-order valence-electron chi connectivity index (χ3n) is 3.21.